The van der Waals surface area contributed by atoms with E-state index in [1.807, 2.05) is 0 Å². The topological polar surface area (TPSA) is 99.0 Å². The van der Waals surface area contributed by atoms with Gasteiger partial charge in [0.1, 0.15) is 18.3 Å². The molecule has 0 aromatic rings. The van der Waals surface area contributed by atoms with E-state index in [-0.39, 0.29) is 12.5 Å². The molecule has 76 valence electrons. The van der Waals surface area contributed by atoms with Crippen LogP contribution in [0, 0.1) is 0 Å². The van der Waals surface area contributed by atoms with Crippen molar-refractivity contribution in [1.82, 2.24) is 5.32 Å². The van der Waals surface area contributed by atoms with Gasteiger partial charge in [-0.05, 0) is 0 Å². The van der Waals surface area contributed by atoms with Crippen LogP contribution in [0.15, 0.2) is 0 Å². The highest BCUT2D eigenvalue weighted by molar-refractivity contribution is 5.73. The average molecular weight is 191 g/mol. The van der Waals surface area contributed by atoms with Crippen LogP contribution < -0.4 is 5.32 Å². The van der Waals surface area contributed by atoms with Crippen LogP contribution >= 0.6 is 0 Å². The molecule has 6 heteroatoms. The lowest BCUT2D eigenvalue weighted by molar-refractivity contribution is -0.196. The van der Waals surface area contributed by atoms with E-state index < -0.39 is 24.5 Å². The zero-order chi connectivity index (χ0) is 10.0. The van der Waals surface area contributed by atoms with E-state index in [0.29, 0.717) is 0 Å². The molecule has 0 aliphatic carbocycles. The lowest BCUT2D eigenvalue weighted by Gasteiger charge is -2.35. The van der Waals surface area contributed by atoms with Gasteiger partial charge in [-0.3, -0.25) is 4.79 Å². The Bertz CT molecular complexity index is 197. The molecule has 1 amide bonds. The first-order valence-electron chi connectivity index (χ1n) is 3.95. The number of carbonyl (C=O) groups is 1. The van der Waals surface area contributed by atoms with Crippen LogP contribution in [0.4, 0.5) is 0 Å². The number of carbonyl (C=O) groups excluding carboxylic acids is 1. The molecule has 1 heterocycles. The van der Waals surface area contributed by atoms with Crippen LogP contribution in [0.5, 0.6) is 0 Å². The van der Waals surface area contributed by atoms with Crippen molar-refractivity contribution < 1.29 is 24.9 Å². The maximum Gasteiger partial charge on any atom is 0.218 e. The molecule has 0 aromatic carbocycles. The molecule has 1 aliphatic heterocycles. The normalized spacial score (nSPS) is 40.0. The second-order valence-corrected chi connectivity index (χ2v) is 3.00. The van der Waals surface area contributed by atoms with Crippen molar-refractivity contribution in [1.29, 1.82) is 0 Å². The van der Waals surface area contributed by atoms with Gasteiger partial charge in [0, 0.05) is 6.92 Å². The van der Waals surface area contributed by atoms with Gasteiger partial charge in [-0.15, -0.1) is 0 Å². The highest BCUT2D eigenvalue weighted by atomic mass is 16.5. The van der Waals surface area contributed by atoms with Crippen molar-refractivity contribution in [3.63, 3.8) is 0 Å². The molecule has 1 saturated heterocycles. The third kappa shape index (κ3) is 2.38. The SMILES string of the molecule is CC(=O)N[C@H]1OC[C@H](O)[C@@H](O)[C@@H]1O. The number of aliphatic hydroxyl groups is 3. The van der Waals surface area contributed by atoms with E-state index >= 15 is 0 Å². The van der Waals surface area contributed by atoms with Gasteiger partial charge in [-0.1, -0.05) is 0 Å². The Morgan fingerprint density at radius 3 is 2.54 bits per heavy atom. The van der Waals surface area contributed by atoms with E-state index in [4.69, 9.17) is 9.84 Å². The predicted octanol–water partition coefficient (Wildman–Crippen LogP) is -2.44. The van der Waals surface area contributed by atoms with Crippen molar-refractivity contribution in [2.45, 2.75) is 31.5 Å². The average Bonchev–Trinajstić information content (AvgIpc) is 2.06. The van der Waals surface area contributed by atoms with Crippen LogP contribution in [0.25, 0.3) is 0 Å². The van der Waals surface area contributed by atoms with E-state index in [1.54, 1.807) is 0 Å². The number of rotatable bonds is 1. The molecule has 0 spiro atoms. The Morgan fingerprint density at radius 1 is 1.38 bits per heavy atom. The minimum Gasteiger partial charge on any atom is -0.388 e. The van der Waals surface area contributed by atoms with E-state index in [1.165, 1.54) is 6.92 Å². The van der Waals surface area contributed by atoms with E-state index in [0.717, 1.165) is 0 Å². The van der Waals surface area contributed by atoms with Crippen molar-refractivity contribution in [3.8, 4) is 0 Å². The third-order valence-corrected chi connectivity index (χ3v) is 1.85. The first-order chi connectivity index (χ1) is 6.02. The molecule has 6 nitrogen and oxygen atoms in total. The Hall–Kier alpha value is -0.690. The Morgan fingerprint density at radius 2 is 2.00 bits per heavy atom. The summed E-state index contributed by atoms with van der Waals surface area (Å²) in [5.74, 6) is -0.368. The van der Waals surface area contributed by atoms with Crippen molar-refractivity contribution in [2.75, 3.05) is 6.61 Å². The molecule has 1 rings (SSSR count). The summed E-state index contributed by atoms with van der Waals surface area (Å²) >= 11 is 0. The first kappa shape index (κ1) is 10.4. The molecule has 0 aromatic heterocycles. The minimum absolute atomic E-state index is 0.108. The second kappa shape index (κ2) is 4.01. The fourth-order valence-corrected chi connectivity index (χ4v) is 1.13. The largest absolute Gasteiger partial charge is 0.388 e. The summed E-state index contributed by atoms with van der Waals surface area (Å²) in [5, 5.41) is 29.9. The number of hydrogen-bond donors (Lipinski definition) is 4. The molecule has 1 aliphatic rings. The second-order valence-electron chi connectivity index (χ2n) is 3.00. The highest BCUT2D eigenvalue weighted by Gasteiger charge is 2.37. The standard InChI is InChI=1S/C7H13NO5/c1-3(9)8-7-6(12)5(11)4(10)2-13-7/h4-7,10-12H,2H2,1H3,(H,8,9)/t4-,5+,6-,7-/m0/s1. The van der Waals surface area contributed by atoms with Gasteiger partial charge >= 0.3 is 0 Å². The summed E-state index contributed by atoms with van der Waals surface area (Å²) < 4.78 is 4.89. The number of amides is 1. The Labute approximate surface area is 75.1 Å². The number of aliphatic hydroxyl groups excluding tert-OH is 3. The van der Waals surface area contributed by atoms with Gasteiger partial charge in [0.25, 0.3) is 0 Å². The summed E-state index contributed by atoms with van der Waals surface area (Å²) in [6.45, 7) is 1.16. The molecular formula is C7H13NO5. The molecular weight excluding hydrogens is 178 g/mol. The van der Waals surface area contributed by atoms with Crippen LogP contribution in [0.3, 0.4) is 0 Å². The predicted molar refractivity (Wildman–Crippen MR) is 41.6 cm³/mol. The Balaban J connectivity index is 2.53. The zero-order valence-corrected chi connectivity index (χ0v) is 7.17. The molecule has 1 fully saturated rings. The fourth-order valence-electron chi connectivity index (χ4n) is 1.13. The molecule has 0 saturated carbocycles. The molecule has 0 radical (unpaired) electrons. The molecule has 13 heavy (non-hydrogen) atoms. The minimum atomic E-state index is -1.30. The van der Waals surface area contributed by atoms with Crippen LogP contribution in [-0.2, 0) is 9.53 Å². The van der Waals surface area contributed by atoms with Crippen LogP contribution in [0.1, 0.15) is 6.92 Å². The zero-order valence-electron chi connectivity index (χ0n) is 7.17. The van der Waals surface area contributed by atoms with Crippen LogP contribution in [0.2, 0.25) is 0 Å². The van der Waals surface area contributed by atoms with Gasteiger partial charge in [0.2, 0.25) is 5.91 Å². The van der Waals surface area contributed by atoms with Crippen molar-refractivity contribution in [2.24, 2.45) is 0 Å². The van der Waals surface area contributed by atoms with Crippen molar-refractivity contribution in [3.05, 3.63) is 0 Å². The van der Waals surface area contributed by atoms with Gasteiger partial charge in [0.15, 0.2) is 6.23 Å². The first-order valence-corrected chi connectivity index (χ1v) is 3.95. The van der Waals surface area contributed by atoms with E-state index in [9.17, 15) is 15.0 Å². The third-order valence-electron chi connectivity index (χ3n) is 1.85. The Kier molecular flexibility index (Phi) is 3.21. The number of hydrogen-bond acceptors (Lipinski definition) is 5. The lowest BCUT2D eigenvalue weighted by Crippen LogP contribution is -2.58. The number of nitrogens with one attached hydrogen (secondary N) is 1. The van der Waals surface area contributed by atoms with E-state index in [2.05, 4.69) is 5.32 Å². The summed E-state index contributed by atoms with van der Waals surface area (Å²) in [4.78, 5) is 10.6. The molecule has 4 atom stereocenters. The van der Waals surface area contributed by atoms with Gasteiger partial charge in [-0.25, -0.2) is 0 Å². The lowest BCUT2D eigenvalue weighted by atomic mass is 10.0. The summed E-state index contributed by atoms with van der Waals surface area (Å²) in [6.07, 6.45) is -4.64. The molecule has 0 unspecified atom stereocenters. The van der Waals surface area contributed by atoms with Crippen molar-refractivity contribution >= 4 is 5.91 Å². The maximum atomic E-state index is 10.6. The van der Waals surface area contributed by atoms with Crippen LogP contribution in [-0.4, -0.2) is 52.4 Å². The van der Waals surface area contributed by atoms with Gasteiger partial charge in [0.05, 0.1) is 6.61 Å². The number of ether oxygens (including phenoxy) is 1. The molecule has 0 bridgehead atoms. The van der Waals surface area contributed by atoms with Gasteiger partial charge in [-0.2, -0.15) is 0 Å². The molecule has 4 N–H and O–H groups in total. The summed E-state index contributed by atoms with van der Waals surface area (Å²) in [6, 6.07) is 0. The quantitative estimate of drug-likeness (QED) is 0.369. The highest BCUT2D eigenvalue weighted by Crippen LogP contribution is 2.13. The van der Waals surface area contributed by atoms with Gasteiger partial charge < -0.3 is 25.4 Å². The summed E-state index contributed by atoms with van der Waals surface area (Å²) in [7, 11) is 0. The monoisotopic (exact) mass is 191 g/mol. The maximum absolute atomic E-state index is 10.6. The smallest absolute Gasteiger partial charge is 0.218 e. The fraction of sp³-hybridized carbons (Fsp3) is 0.857. The summed E-state index contributed by atoms with van der Waals surface area (Å²) in [5.41, 5.74) is 0.